The van der Waals surface area contributed by atoms with Crippen LogP contribution in [-0.2, 0) is 14.8 Å². The topological polar surface area (TPSA) is 92.3 Å². The molecular formula is C21H20F2N4O3S2. The van der Waals surface area contributed by atoms with Crippen molar-refractivity contribution in [3.63, 3.8) is 0 Å². The summed E-state index contributed by atoms with van der Waals surface area (Å²) < 4.78 is 53.5. The van der Waals surface area contributed by atoms with Crippen LogP contribution in [0.25, 0.3) is 11.3 Å². The fourth-order valence-corrected chi connectivity index (χ4v) is 5.85. The number of halogens is 2. The van der Waals surface area contributed by atoms with Gasteiger partial charge in [-0.15, -0.1) is 11.3 Å². The van der Waals surface area contributed by atoms with Gasteiger partial charge < -0.3 is 5.32 Å². The van der Waals surface area contributed by atoms with Crippen molar-refractivity contribution in [3.05, 3.63) is 59.2 Å². The first-order valence-electron chi connectivity index (χ1n) is 9.89. The number of nitrogens with one attached hydrogen (secondary N) is 1. The highest BCUT2D eigenvalue weighted by Crippen LogP contribution is 2.32. The van der Waals surface area contributed by atoms with Gasteiger partial charge in [0, 0.05) is 41.8 Å². The number of amides is 1. The molecule has 4 rings (SSSR count). The number of benzene rings is 1. The predicted octanol–water partition coefficient (Wildman–Crippen LogP) is 3.83. The number of nitrogens with zero attached hydrogens (tertiary/aromatic N) is 3. The first-order valence-corrected chi connectivity index (χ1v) is 12.2. The Balaban J connectivity index is 1.40. The zero-order chi connectivity index (χ0) is 22.9. The van der Waals surface area contributed by atoms with E-state index in [2.05, 4.69) is 15.3 Å². The van der Waals surface area contributed by atoms with E-state index in [0.717, 1.165) is 17.0 Å². The van der Waals surface area contributed by atoms with E-state index in [1.807, 2.05) is 0 Å². The Morgan fingerprint density at radius 3 is 2.59 bits per heavy atom. The average Bonchev–Trinajstić information content (AvgIpc) is 3.16. The summed E-state index contributed by atoms with van der Waals surface area (Å²) in [5.41, 5.74) is 0.897. The molecule has 1 aliphatic rings. The lowest BCUT2D eigenvalue weighted by molar-refractivity contribution is -0.120. The minimum Gasteiger partial charge on any atom is -0.302 e. The zero-order valence-electron chi connectivity index (χ0n) is 17.1. The van der Waals surface area contributed by atoms with Crippen LogP contribution in [0.2, 0.25) is 0 Å². The molecular weight excluding hydrogens is 458 g/mol. The summed E-state index contributed by atoms with van der Waals surface area (Å²) >= 11 is 1.24. The summed E-state index contributed by atoms with van der Waals surface area (Å²) in [5, 5.41) is 3.14. The van der Waals surface area contributed by atoms with Crippen molar-refractivity contribution in [2.75, 3.05) is 18.4 Å². The number of thiazole rings is 1. The highest BCUT2D eigenvalue weighted by atomic mass is 32.2. The quantitative estimate of drug-likeness (QED) is 0.602. The minimum atomic E-state index is -3.64. The van der Waals surface area contributed by atoms with Gasteiger partial charge in [0.2, 0.25) is 15.9 Å². The molecule has 0 unspecified atom stereocenters. The van der Waals surface area contributed by atoms with Crippen LogP contribution < -0.4 is 5.32 Å². The molecule has 0 aliphatic carbocycles. The maximum absolute atomic E-state index is 13.6. The van der Waals surface area contributed by atoms with Crippen LogP contribution in [0.3, 0.4) is 0 Å². The van der Waals surface area contributed by atoms with E-state index in [0.29, 0.717) is 29.2 Å². The van der Waals surface area contributed by atoms with Crippen molar-refractivity contribution in [2.45, 2.75) is 24.7 Å². The number of pyridine rings is 1. The third-order valence-electron chi connectivity index (χ3n) is 5.32. The van der Waals surface area contributed by atoms with Gasteiger partial charge >= 0.3 is 0 Å². The number of carbonyl (C=O) groups excluding carboxylic acids is 1. The average molecular weight is 479 g/mol. The van der Waals surface area contributed by atoms with Crippen molar-refractivity contribution in [1.29, 1.82) is 0 Å². The maximum Gasteiger partial charge on any atom is 0.244 e. The molecule has 32 heavy (non-hydrogen) atoms. The standard InChI is InChI=1S/C21H20F2N4O3S2/c1-13-19(15-4-5-17(22)18(23)11-15)25-21(31-13)26-20(28)14-6-9-27(10-7-14)32(29,30)16-3-2-8-24-12-16/h2-5,8,11-12,14H,6-7,9-10H2,1H3,(H,25,26,28). The van der Waals surface area contributed by atoms with Crippen LogP contribution in [0.4, 0.5) is 13.9 Å². The fraction of sp³-hybridized carbons (Fsp3) is 0.286. The second kappa shape index (κ2) is 9.00. The number of aryl methyl sites for hydroxylation is 1. The lowest BCUT2D eigenvalue weighted by Gasteiger charge is -2.30. The molecule has 1 saturated heterocycles. The highest BCUT2D eigenvalue weighted by Gasteiger charge is 2.32. The van der Waals surface area contributed by atoms with Gasteiger partial charge in [-0.1, -0.05) is 0 Å². The number of hydrogen-bond donors (Lipinski definition) is 1. The van der Waals surface area contributed by atoms with Gasteiger partial charge in [-0.25, -0.2) is 22.2 Å². The van der Waals surface area contributed by atoms with E-state index in [4.69, 9.17) is 0 Å². The van der Waals surface area contributed by atoms with E-state index in [9.17, 15) is 22.0 Å². The number of sulfonamides is 1. The Labute approximate surface area is 188 Å². The van der Waals surface area contributed by atoms with Crippen molar-refractivity contribution >= 4 is 32.4 Å². The minimum absolute atomic E-state index is 0.130. The monoisotopic (exact) mass is 478 g/mol. The number of anilines is 1. The molecule has 2 aromatic heterocycles. The van der Waals surface area contributed by atoms with Crippen LogP contribution >= 0.6 is 11.3 Å². The Hall–Kier alpha value is -2.76. The summed E-state index contributed by atoms with van der Waals surface area (Å²) in [6.07, 6.45) is 3.58. The number of carbonyl (C=O) groups is 1. The Morgan fingerprint density at radius 2 is 1.94 bits per heavy atom. The molecule has 3 aromatic rings. The molecule has 1 N–H and O–H groups in total. The second-order valence-electron chi connectivity index (χ2n) is 7.41. The maximum atomic E-state index is 13.6. The first-order chi connectivity index (χ1) is 15.3. The Morgan fingerprint density at radius 1 is 1.19 bits per heavy atom. The van der Waals surface area contributed by atoms with Gasteiger partial charge in [0.15, 0.2) is 16.8 Å². The summed E-state index contributed by atoms with van der Waals surface area (Å²) in [7, 11) is -3.64. The molecule has 11 heteroatoms. The van der Waals surface area contributed by atoms with Gasteiger partial charge in [-0.2, -0.15) is 4.31 Å². The van der Waals surface area contributed by atoms with E-state index in [1.165, 1.54) is 40.2 Å². The van der Waals surface area contributed by atoms with Crippen molar-refractivity contribution in [2.24, 2.45) is 5.92 Å². The molecule has 7 nitrogen and oxygen atoms in total. The third-order valence-corrected chi connectivity index (χ3v) is 8.09. The SMILES string of the molecule is Cc1sc(NC(=O)C2CCN(S(=O)(=O)c3cccnc3)CC2)nc1-c1ccc(F)c(F)c1. The van der Waals surface area contributed by atoms with Crippen LogP contribution in [0.1, 0.15) is 17.7 Å². The smallest absolute Gasteiger partial charge is 0.244 e. The molecule has 0 saturated carbocycles. The lowest BCUT2D eigenvalue weighted by Crippen LogP contribution is -2.41. The zero-order valence-corrected chi connectivity index (χ0v) is 18.7. The molecule has 0 spiro atoms. The first kappa shape index (κ1) is 22.4. The Kier molecular flexibility index (Phi) is 6.31. The molecule has 0 radical (unpaired) electrons. The largest absolute Gasteiger partial charge is 0.302 e. The van der Waals surface area contributed by atoms with Crippen LogP contribution in [0.15, 0.2) is 47.6 Å². The fourth-order valence-electron chi connectivity index (χ4n) is 3.58. The molecule has 1 fully saturated rings. The van der Waals surface area contributed by atoms with Gasteiger partial charge in [0.1, 0.15) is 4.90 Å². The third kappa shape index (κ3) is 4.54. The van der Waals surface area contributed by atoms with Crippen LogP contribution in [0, 0.1) is 24.5 Å². The number of rotatable bonds is 5. The van der Waals surface area contributed by atoms with E-state index >= 15 is 0 Å². The summed E-state index contributed by atoms with van der Waals surface area (Å²) in [6.45, 7) is 2.24. The van der Waals surface area contributed by atoms with E-state index in [-0.39, 0.29) is 29.8 Å². The molecule has 1 aliphatic heterocycles. The number of piperidine rings is 1. The van der Waals surface area contributed by atoms with Crippen molar-refractivity contribution < 1.29 is 22.0 Å². The highest BCUT2D eigenvalue weighted by molar-refractivity contribution is 7.89. The molecule has 1 aromatic carbocycles. The van der Waals surface area contributed by atoms with Crippen molar-refractivity contribution in [3.8, 4) is 11.3 Å². The summed E-state index contributed by atoms with van der Waals surface area (Å²) in [6, 6.07) is 6.61. The summed E-state index contributed by atoms with van der Waals surface area (Å²) in [4.78, 5) is 21.8. The number of hydrogen-bond acceptors (Lipinski definition) is 6. The van der Waals surface area contributed by atoms with Gasteiger partial charge in [0.05, 0.1) is 5.69 Å². The number of aromatic nitrogens is 2. The molecule has 0 atom stereocenters. The predicted molar refractivity (Wildman–Crippen MR) is 117 cm³/mol. The molecule has 3 heterocycles. The molecule has 168 valence electrons. The Bertz CT molecular complexity index is 1240. The second-order valence-corrected chi connectivity index (χ2v) is 10.6. The van der Waals surface area contributed by atoms with Crippen LogP contribution in [-0.4, -0.2) is 41.7 Å². The van der Waals surface area contributed by atoms with Gasteiger partial charge in [0.25, 0.3) is 0 Å². The van der Waals surface area contributed by atoms with Crippen molar-refractivity contribution in [1.82, 2.24) is 14.3 Å². The van der Waals surface area contributed by atoms with E-state index in [1.54, 1.807) is 13.0 Å². The van der Waals surface area contributed by atoms with E-state index < -0.39 is 21.7 Å². The van der Waals surface area contributed by atoms with Crippen LogP contribution in [0.5, 0.6) is 0 Å². The summed E-state index contributed by atoms with van der Waals surface area (Å²) in [5.74, 6) is -2.50. The molecule has 0 bridgehead atoms. The van der Waals surface area contributed by atoms with Gasteiger partial charge in [-0.3, -0.25) is 9.78 Å². The molecule has 1 amide bonds. The lowest BCUT2D eigenvalue weighted by atomic mass is 9.97. The normalized spacial score (nSPS) is 15.6. The van der Waals surface area contributed by atoms with Gasteiger partial charge in [-0.05, 0) is 50.1 Å².